The molecule has 0 aliphatic rings. The maximum absolute atomic E-state index is 12.6. The number of hydrogen-bond acceptors (Lipinski definition) is 3. The smallest absolute Gasteiger partial charge is 0.273 e. The number of nitrogens with zero attached hydrogens (tertiary/aromatic N) is 3. The van der Waals surface area contributed by atoms with Crippen molar-refractivity contribution >= 4 is 28.3 Å². The molecule has 0 saturated heterocycles. The number of fused-ring (bicyclic) bond motifs is 1. The van der Waals surface area contributed by atoms with Gasteiger partial charge in [0.1, 0.15) is 0 Å². The van der Waals surface area contributed by atoms with E-state index in [2.05, 4.69) is 33.8 Å². The van der Waals surface area contributed by atoms with Gasteiger partial charge in [-0.2, -0.15) is 0 Å². The van der Waals surface area contributed by atoms with E-state index in [0.29, 0.717) is 11.6 Å². The topological polar surface area (TPSA) is 59.8 Å². The van der Waals surface area contributed by atoms with Gasteiger partial charge in [-0.1, -0.05) is 71.4 Å². The minimum atomic E-state index is -0.252. The third-order valence-corrected chi connectivity index (χ3v) is 4.88. The van der Waals surface area contributed by atoms with E-state index >= 15 is 0 Å². The molecule has 1 N–H and O–H groups in total. The Kier molecular flexibility index (Phi) is 5.08. The van der Waals surface area contributed by atoms with Crippen molar-refractivity contribution in [3.05, 3.63) is 94.8 Å². The number of hydrogen-bond donors (Lipinski definition) is 1. The number of carbonyl (C=O) groups excluding carboxylic acids is 1. The summed E-state index contributed by atoms with van der Waals surface area (Å²) in [6, 6.07) is 21.6. The molecule has 140 valence electrons. The summed E-state index contributed by atoms with van der Waals surface area (Å²) in [5.74, 6) is -0.252. The van der Waals surface area contributed by atoms with Gasteiger partial charge in [0, 0.05) is 5.02 Å². The second kappa shape index (κ2) is 7.82. The standard InChI is InChI=1S/C22H19ClN4O/c1-15(19-11-5-8-17-7-2-3-10-20(17)19)24-22(28)21-14-27(26-25-21)13-16-6-4-9-18(23)12-16/h2-12,14-15H,13H2,1H3,(H,24,28)/t15-/m0/s1. The van der Waals surface area contributed by atoms with Crippen molar-refractivity contribution in [2.75, 3.05) is 0 Å². The number of carbonyl (C=O) groups is 1. The molecule has 0 unspecified atom stereocenters. The first kappa shape index (κ1) is 18.2. The minimum absolute atomic E-state index is 0.156. The van der Waals surface area contributed by atoms with Crippen LogP contribution in [0.3, 0.4) is 0 Å². The first-order valence-corrected chi connectivity index (χ1v) is 9.41. The molecule has 4 aromatic rings. The van der Waals surface area contributed by atoms with Gasteiger partial charge in [-0.05, 0) is 41.0 Å². The second-order valence-electron chi connectivity index (χ2n) is 6.69. The molecule has 3 aromatic carbocycles. The van der Waals surface area contributed by atoms with Crippen molar-refractivity contribution in [3.8, 4) is 0 Å². The Balaban J connectivity index is 1.48. The maximum atomic E-state index is 12.6. The van der Waals surface area contributed by atoms with E-state index in [1.165, 1.54) is 0 Å². The Labute approximate surface area is 167 Å². The van der Waals surface area contributed by atoms with Gasteiger partial charge in [-0.25, -0.2) is 4.68 Å². The highest BCUT2D eigenvalue weighted by atomic mass is 35.5. The summed E-state index contributed by atoms with van der Waals surface area (Å²) < 4.78 is 1.63. The Bertz CT molecular complexity index is 1130. The van der Waals surface area contributed by atoms with Gasteiger partial charge < -0.3 is 5.32 Å². The predicted octanol–water partition coefficient (Wildman–Crippen LogP) is 4.62. The molecule has 0 aliphatic heterocycles. The minimum Gasteiger partial charge on any atom is -0.344 e. The number of halogens is 1. The summed E-state index contributed by atoms with van der Waals surface area (Å²) in [6.07, 6.45) is 1.64. The van der Waals surface area contributed by atoms with Crippen LogP contribution in [-0.4, -0.2) is 20.9 Å². The van der Waals surface area contributed by atoms with E-state index in [9.17, 15) is 4.79 Å². The summed E-state index contributed by atoms with van der Waals surface area (Å²) >= 11 is 6.01. The average Bonchev–Trinajstić information content (AvgIpc) is 3.16. The first-order chi connectivity index (χ1) is 13.6. The maximum Gasteiger partial charge on any atom is 0.273 e. The highest BCUT2D eigenvalue weighted by Crippen LogP contribution is 2.24. The predicted molar refractivity (Wildman–Crippen MR) is 110 cm³/mol. The van der Waals surface area contributed by atoms with Gasteiger partial charge >= 0.3 is 0 Å². The lowest BCUT2D eigenvalue weighted by Gasteiger charge is -2.15. The van der Waals surface area contributed by atoms with Crippen LogP contribution in [-0.2, 0) is 6.54 Å². The second-order valence-corrected chi connectivity index (χ2v) is 7.13. The molecular formula is C22H19ClN4O. The molecule has 0 spiro atoms. The molecule has 1 heterocycles. The highest BCUT2D eigenvalue weighted by molar-refractivity contribution is 6.30. The van der Waals surface area contributed by atoms with Crippen LogP contribution in [0.1, 0.15) is 34.6 Å². The quantitative estimate of drug-likeness (QED) is 0.540. The fourth-order valence-electron chi connectivity index (χ4n) is 3.28. The normalized spacial score (nSPS) is 12.1. The highest BCUT2D eigenvalue weighted by Gasteiger charge is 2.16. The van der Waals surface area contributed by atoms with Crippen LogP contribution in [0.25, 0.3) is 10.8 Å². The number of amides is 1. The Hall–Kier alpha value is -3.18. The number of nitrogens with one attached hydrogen (secondary N) is 1. The van der Waals surface area contributed by atoms with Crippen molar-refractivity contribution in [2.24, 2.45) is 0 Å². The summed E-state index contributed by atoms with van der Waals surface area (Å²) in [7, 11) is 0. The average molecular weight is 391 g/mol. The third-order valence-electron chi connectivity index (χ3n) is 4.64. The molecule has 0 radical (unpaired) electrons. The Morgan fingerprint density at radius 3 is 2.75 bits per heavy atom. The van der Waals surface area contributed by atoms with Crippen LogP contribution in [0.4, 0.5) is 0 Å². The van der Waals surface area contributed by atoms with Crippen LogP contribution in [0.5, 0.6) is 0 Å². The Morgan fingerprint density at radius 2 is 1.89 bits per heavy atom. The Morgan fingerprint density at radius 1 is 1.11 bits per heavy atom. The van der Waals surface area contributed by atoms with Crippen molar-refractivity contribution in [3.63, 3.8) is 0 Å². The summed E-state index contributed by atoms with van der Waals surface area (Å²) in [5, 5.41) is 14.0. The monoisotopic (exact) mass is 390 g/mol. The van der Waals surface area contributed by atoms with E-state index in [-0.39, 0.29) is 17.6 Å². The largest absolute Gasteiger partial charge is 0.344 e. The zero-order chi connectivity index (χ0) is 19.5. The third kappa shape index (κ3) is 3.89. The number of benzene rings is 3. The fraction of sp³-hybridized carbons (Fsp3) is 0.136. The van der Waals surface area contributed by atoms with Crippen LogP contribution in [0.2, 0.25) is 5.02 Å². The van der Waals surface area contributed by atoms with Crippen LogP contribution in [0, 0.1) is 0 Å². The lowest BCUT2D eigenvalue weighted by Crippen LogP contribution is -2.27. The van der Waals surface area contributed by atoms with Gasteiger partial charge in [-0.3, -0.25) is 4.79 Å². The van der Waals surface area contributed by atoms with Gasteiger partial charge in [-0.15, -0.1) is 5.10 Å². The zero-order valence-electron chi connectivity index (χ0n) is 15.3. The molecule has 0 fully saturated rings. The van der Waals surface area contributed by atoms with Crippen molar-refractivity contribution in [1.82, 2.24) is 20.3 Å². The summed E-state index contributed by atoms with van der Waals surface area (Å²) in [5.41, 5.74) is 2.35. The molecule has 0 saturated carbocycles. The van der Waals surface area contributed by atoms with E-state index in [4.69, 9.17) is 11.6 Å². The molecule has 1 amide bonds. The van der Waals surface area contributed by atoms with Crippen molar-refractivity contribution in [2.45, 2.75) is 19.5 Å². The molecule has 6 heteroatoms. The fourth-order valence-corrected chi connectivity index (χ4v) is 3.49. The molecule has 1 atom stereocenters. The zero-order valence-corrected chi connectivity index (χ0v) is 16.1. The van der Waals surface area contributed by atoms with E-state index in [1.54, 1.807) is 10.9 Å². The lowest BCUT2D eigenvalue weighted by atomic mass is 9.99. The summed E-state index contributed by atoms with van der Waals surface area (Å²) in [6.45, 7) is 2.47. The van der Waals surface area contributed by atoms with Crippen LogP contribution < -0.4 is 5.32 Å². The molecule has 1 aromatic heterocycles. The molecular weight excluding hydrogens is 372 g/mol. The molecule has 0 aliphatic carbocycles. The van der Waals surface area contributed by atoms with Gasteiger partial charge in [0.15, 0.2) is 5.69 Å². The molecule has 0 bridgehead atoms. The number of rotatable bonds is 5. The molecule has 4 rings (SSSR count). The van der Waals surface area contributed by atoms with Crippen LogP contribution in [0.15, 0.2) is 72.9 Å². The van der Waals surface area contributed by atoms with Crippen LogP contribution >= 0.6 is 11.6 Å². The van der Waals surface area contributed by atoms with Crippen molar-refractivity contribution < 1.29 is 4.79 Å². The molecule has 5 nitrogen and oxygen atoms in total. The van der Waals surface area contributed by atoms with E-state index in [1.807, 2.05) is 55.5 Å². The summed E-state index contributed by atoms with van der Waals surface area (Å²) in [4.78, 5) is 12.6. The van der Waals surface area contributed by atoms with Gasteiger partial charge in [0.2, 0.25) is 0 Å². The lowest BCUT2D eigenvalue weighted by molar-refractivity contribution is 0.0935. The number of aromatic nitrogens is 3. The SMILES string of the molecule is C[C@H](NC(=O)c1cn(Cc2cccc(Cl)c2)nn1)c1cccc2ccccc12. The molecule has 28 heavy (non-hydrogen) atoms. The van der Waals surface area contributed by atoms with Gasteiger partial charge in [0.25, 0.3) is 5.91 Å². The van der Waals surface area contributed by atoms with E-state index in [0.717, 1.165) is 21.9 Å². The first-order valence-electron chi connectivity index (χ1n) is 9.03. The van der Waals surface area contributed by atoms with E-state index < -0.39 is 0 Å². The van der Waals surface area contributed by atoms with Gasteiger partial charge in [0.05, 0.1) is 18.8 Å². The van der Waals surface area contributed by atoms with Crippen molar-refractivity contribution in [1.29, 1.82) is 0 Å².